The highest BCUT2D eigenvalue weighted by atomic mass is 127. The molecule has 2 N–H and O–H groups in total. The van der Waals surface area contributed by atoms with Crippen molar-refractivity contribution in [3.63, 3.8) is 0 Å². The van der Waals surface area contributed by atoms with Gasteiger partial charge in [0.25, 0.3) is 0 Å². The van der Waals surface area contributed by atoms with Gasteiger partial charge in [0.1, 0.15) is 5.82 Å². The number of rotatable bonds is 4. The minimum Gasteiger partial charge on any atom is -0.350 e. The van der Waals surface area contributed by atoms with Crippen LogP contribution in [0.25, 0.3) is 0 Å². The Bertz CT molecular complexity index is 792. The predicted octanol–water partition coefficient (Wildman–Crippen LogP) is 4.36. The normalized spacial score (nSPS) is 15.3. The van der Waals surface area contributed by atoms with E-state index in [0.717, 1.165) is 30.2 Å². The first-order valence-corrected chi connectivity index (χ1v) is 9.67. The van der Waals surface area contributed by atoms with Crippen molar-refractivity contribution in [2.75, 3.05) is 7.05 Å². The molecule has 2 heterocycles. The zero-order valence-corrected chi connectivity index (χ0v) is 19.3. The Morgan fingerprint density at radius 1 is 1.26 bits per heavy atom. The van der Waals surface area contributed by atoms with E-state index in [0.29, 0.717) is 22.5 Å². The molecule has 2 aromatic rings. The molecule has 1 unspecified atom stereocenters. The van der Waals surface area contributed by atoms with Crippen LogP contribution in [0.4, 0.5) is 0 Å². The van der Waals surface area contributed by atoms with E-state index in [9.17, 15) is 0 Å². The van der Waals surface area contributed by atoms with Gasteiger partial charge < -0.3 is 15.2 Å². The maximum Gasteiger partial charge on any atom is 0.191 e. The smallest absolute Gasteiger partial charge is 0.191 e. The first-order valence-electron chi connectivity index (χ1n) is 8.91. The highest BCUT2D eigenvalue weighted by molar-refractivity contribution is 14.0. The van der Waals surface area contributed by atoms with Crippen molar-refractivity contribution in [1.29, 1.82) is 0 Å². The van der Waals surface area contributed by atoms with Gasteiger partial charge in [-0.2, -0.15) is 0 Å². The van der Waals surface area contributed by atoms with E-state index in [2.05, 4.69) is 30.4 Å². The summed E-state index contributed by atoms with van der Waals surface area (Å²) in [4.78, 5) is 4.30. The summed E-state index contributed by atoms with van der Waals surface area (Å²) in [7, 11) is 1.75. The molecule has 1 aromatic carbocycles. The van der Waals surface area contributed by atoms with Gasteiger partial charge in [0.05, 0.1) is 12.6 Å². The van der Waals surface area contributed by atoms with Crippen molar-refractivity contribution in [2.45, 2.75) is 51.7 Å². The summed E-state index contributed by atoms with van der Waals surface area (Å²) in [5.41, 5.74) is 0.968. The number of guanidine groups is 1. The maximum absolute atomic E-state index is 6.30. The first kappa shape index (κ1) is 22.2. The van der Waals surface area contributed by atoms with Gasteiger partial charge in [-0.3, -0.25) is 4.99 Å². The number of nitrogens with one attached hydrogen (secondary N) is 2. The molecule has 9 heteroatoms. The Morgan fingerprint density at radius 3 is 2.81 bits per heavy atom. The Balaban J connectivity index is 0.00000261. The van der Waals surface area contributed by atoms with Gasteiger partial charge in [-0.05, 0) is 37.5 Å². The van der Waals surface area contributed by atoms with Crippen LogP contribution in [0, 0.1) is 0 Å². The van der Waals surface area contributed by atoms with Gasteiger partial charge >= 0.3 is 0 Å². The number of halogens is 3. The lowest BCUT2D eigenvalue weighted by Gasteiger charge is -2.19. The average molecular weight is 523 g/mol. The first-order chi connectivity index (χ1) is 12.6. The lowest BCUT2D eigenvalue weighted by atomic mass is 10.1. The fraction of sp³-hybridized carbons (Fsp3) is 0.500. The summed E-state index contributed by atoms with van der Waals surface area (Å²) in [6.45, 7) is 3.60. The molecular weight excluding hydrogens is 498 g/mol. The third kappa shape index (κ3) is 5.71. The second kappa shape index (κ2) is 10.5. The van der Waals surface area contributed by atoms with Gasteiger partial charge in [0.15, 0.2) is 11.8 Å². The molecule has 0 saturated carbocycles. The summed E-state index contributed by atoms with van der Waals surface area (Å²) in [6.07, 6.45) is 4.62. The third-order valence-electron chi connectivity index (χ3n) is 4.61. The molecule has 148 valence electrons. The fourth-order valence-electron chi connectivity index (χ4n) is 3.17. The fourth-order valence-corrected chi connectivity index (χ4v) is 3.74. The molecule has 0 aliphatic carbocycles. The molecule has 6 nitrogen and oxygen atoms in total. The van der Waals surface area contributed by atoms with Crippen molar-refractivity contribution in [2.24, 2.45) is 4.99 Å². The van der Waals surface area contributed by atoms with Gasteiger partial charge in [-0.25, -0.2) is 0 Å². The van der Waals surface area contributed by atoms with E-state index in [4.69, 9.17) is 23.2 Å². The van der Waals surface area contributed by atoms with E-state index < -0.39 is 0 Å². The largest absolute Gasteiger partial charge is 0.350 e. The number of aromatic nitrogens is 3. The van der Waals surface area contributed by atoms with E-state index in [1.165, 1.54) is 19.3 Å². The third-order valence-corrected chi connectivity index (χ3v) is 5.17. The highest BCUT2D eigenvalue weighted by Gasteiger charge is 2.16. The topological polar surface area (TPSA) is 67.1 Å². The number of aryl methyl sites for hydroxylation is 1. The minimum absolute atomic E-state index is 0. The van der Waals surface area contributed by atoms with Crippen LogP contribution in [0.1, 0.15) is 49.4 Å². The molecule has 3 rings (SSSR count). The number of fused-ring (bicyclic) bond motifs is 1. The van der Waals surface area contributed by atoms with Gasteiger partial charge in [0, 0.05) is 30.1 Å². The zero-order valence-electron chi connectivity index (χ0n) is 15.5. The van der Waals surface area contributed by atoms with Gasteiger partial charge in [0.2, 0.25) is 0 Å². The molecule has 0 spiro atoms. The Morgan fingerprint density at radius 2 is 2.07 bits per heavy atom. The van der Waals surface area contributed by atoms with Crippen molar-refractivity contribution in [3.05, 3.63) is 45.5 Å². The molecule has 1 aliphatic heterocycles. The molecule has 0 fully saturated rings. The Labute approximate surface area is 187 Å². The SMILES string of the molecule is CN=C(NCc1nnc2n1CCCCC2)NC(C)c1ccc(Cl)cc1Cl.I. The summed E-state index contributed by atoms with van der Waals surface area (Å²) >= 11 is 12.3. The number of hydrogen-bond donors (Lipinski definition) is 2. The molecule has 1 aromatic heterocycles. The lowest BCUT2D eigenvalue weighted by Crippen LogP contribution is -2.38. The van der Waals surface area contributed by atoms with Crippen LogP contribution in [0.5, 0.6) is 0 Å². The van der Waals surface area contributed by atoms with E-state index in [1.54, 1.807) is 13.1 Å². The quantitative estimate of drug-likeness (QED) is 0.356. The van der Waals surface area contributed by atoms with Crippen molar-refractivity contribution < 1.29 is 0 Å². The Hall–Kier alpha value is -1.06. The molecule has 0 radical (unpaired) electrons. The summed E-state index contributed by atoms with van der Waals surface area (Å²) in [6, 6.07) is 5.50. The summed E-state index contributed by atoms with van der Waals surface area (Å²) in [5.74, 6) is 2.72. The predicted molar refractivity (Wildman–Crippen MR) is 121 cm³/mol. The van der Waals surface area contributed by atoms with E-state index in [1.807, 2.05) is 19.1 Å². The molecule has 0 amide bonds. The van der Waals surface area contributed by atoms with E-state index >= 15 is 0 Å². The van der Waals surface area contributed by atoms with Crippen LogP contribution in [0.2, 0.25) is 10.0 Å². The van der Waals surface area contributed by atoms with Crippen LogP contribution < -0.4 is 10.6 Å². The van der Waals surface area contributed by atoms with Crippen LogP contribution in [-0.4, -0.2) is 27.8 Å². The van der Waals surface area contributed by atoms with Crippen molar-refractivity contribution in [3.8, 4) is 0 Å². The second-order valence-corrected chi connectivity index (χ2v) is 7.30. The highest BCUT2D eigenvalue weighted by Crippen LogP contribution is 2.26. The van der Waals surface area contributed by atoms with Crippen LogP contribution in [-0.2, 0) is 19.5 Å². The molecule has 1 atom stereocenters. The second-order valence-electron chi connectivity index (χ2n) is 6.45. The number of aliphatic imine (C=N–C) groups is 1. The van der Waals surface area contributed by atoms with Crippen LogP contribution in [0.15, 0.2) is 23.2 Å². The van der Waals surface area contributed by atoms with Crippen molar-refractivity contribution in [1.82, 2.24) is 25.4 Å². The molecule has 1 aliphatic rings. The van der Waals surface area contributed by atoms with Crippen molar-refractivity contribution >= 4 is 53.1 Å². The zero-order chi connectivity index (χ0) is 18.5. The number of benzene rings is 1. The lowest BCUT2D eigenvalue weighted by molar-refractivity contribution is 0.594. The van der Waals surface area contributed by atoms with Gasteiger partial charge in [-0.1, -0.05) is 35.7 Å². The van der Waals surface area contributed by atoms with E-state index in [-0.39, 0.29) is 30.0 Å². The van der Waals surface area contributed by atoms with Crippen LogP contribution in [0.3, 0.4) is 0 Å². The Kier molecular flexibility index (Phi) is 8.62. The maximum atomic E-state index is 6.30. The van der Waals surface area contributed by atoms with Gasteiger partial charge in [-0.15, -0.1) is 34.2 Å². The molecule has 27 heavy (non-hydrogen) atoms. The standard InChI is InChI=1S/C18H24Cl2N6.HI/c1-12(14-8-7-13(19)10-15(14)20)23-18(21-2)22-11-17-25-24-16-6-4-3-5-9-26(16)17;/h7-8,10,12H,3-6,9,11H2,1-2H3,(H2,21,22,23);1H. The molecule has 0 bridgehead atoms. The monoisotopic (exact) mass is 522 g/mol. The number of nitrogens with zero attached hydrogens (tertiary/aromatic N) is 4. The molecule has 0 saturated heterocycles. The minimum atomic E-state index is -0.0125. The summed E-state index contributed by atoms with van der Waals surface area (Å²) < 4.78 is 2.23. The number of hydrogen-bond acceptors (Lipinski definition) is 3. The average Bonchev–Trinajstić information content (AvgIpc) is 2.85. The van der Waals surface area contributed by atoms with Crippen LogP contribution >= 0.6 is 47.2 Å². The molecular formula is C18H25Cl2IN6. The summed E-state index contributed by atoms with van der Waals surface area (Å²) in [5, 5.41) is 16.6.